The summed E-state index contributed by atoms with van der Waals surface area (Å²) in [5.74, 6) is 1.30. The van der Waals surface area contributed by atoms with Crippen LogP contribution >= 0.6 is 0 Å². The van der Waals surface area contributed by atoms with Crippen LogP contribution in [0.25, 0.3) is 0 Å². The first-order valence-electron chi connectivity index (χ1n) is 12.6. The molecule has 1 atom stereocenters. The summed E-state index contributed by atoms with van der Waals surface area (Å²) in [5.41, 5.74) is 0.777. The molecule has 1 N–H and O–H groups in total. The Morgan fingerprint density at radius 2 is 1.31 bits per heavy atom. The first-order valence-corrected chi connectivity index (χ1v) is 12.6. The molecule has 0 aromatic heterocycles. The summed E-state index contributed by atoms with van der Waals surface area (Å²) in [5, 5.41) is 9.50. The lowest BCUT2D eigenvalue weighted by atomic mass is 9.81. The summed E-state index contributed by atoms with van der Waals surface area (Å²) >= 11 is 0. The average molecular weight is 401 g/mol. The van der Waals surface area contributed by atoms with E-state index in [-0.39, 0.29) is 11.7 Å². The van der Waals surface area contributed by atoms with E-state index in [1.807, 2.05) is 0 Å². The smallest absolute Gasteiger partial charge is 0.166 e. The maximum absolute atomic E-state index is 13.1. The Balaban J connectivity index is 1.62. The zero-order valence-electron chi connectivity index (χ0n) is 18.8. The zero-order chi connectivity index (χ0) is 20.7. The Morgan fingerprint density at radius 3 is 1.83 bits per heavy atom. The van der Waals surface area contributed by atoms with E-state index in [4.69, 9.17) is 0 Å². The lowest BCUT2D eigenvalue weighted by molar-refractivity contribution is 0.0860. The van der Waals surface area contributed by atoms with Gasteiger partial charge in [-0.2, -0.15) is 0 Å². The Morgan fingerprint density at radius 1 is 0.828 bits per heavy atom. The largest absolute Gasteiger partial charge is 0.508 e. The predicted octanol–water partition coefficient (Wildman–Crippen LogP) is 8.47. The molecule has 2 nitrogen and oxygen atoms in total. The highest BCUT2D eigenvalue weighted by atomic mass is 16.3. The van der Waals surface area contributed by atoms with Crippen LogP contribution in [-0.2, 0) is 0 Å². The third-order valence-electron chi connectivity index (χ3n) is 6.83. The number of rotatable bonds is 16. The van der Waals surface area contributed by atoms with Gasteiger partial charge in [-0.15, -0.1) is 0 Å². The topological polar surface area (TPSA) is 37.3 Å². The molecule has 1 aromatic rings. The summed E-state index contributed by atoms with van der Waals surface area (Å²) in [6.45, 7) is 2.28. The number of carbonyl (C=O) groups is 1. The zero-order valence-corrected chi connectivity index (χ0v) is 18.8. The maximum Gasteiger partial charge on any atom is 0.166 e. The fraction of sp³-hybridized carbons (Fsp3) is 0.741. The third kappa shape index (κ3) is 9.36. The second-order valence-corrected chi connectivity index (χ2v) is 9.24. The highest BCUT2D eigenvalue weighted by molar-refractivity contribution is 5.98. The highest BCUT2D eigenvalue weighted by Crippen LogP contribution is 2.36. The van der Waals surface area contributed by atoms with Crippen molar-refractivity contribution in [2.75, 3.05) is 0 Å². The number of phenolic OH excluding ortho intramolecular Hbond substituents is 1. The van der Waals surface area contributed by atoms with Gasteiger partial charge in [0, 0.05) is 11.5 Å². The Bertz CT molecular complexity index is 542. The molecule has 2 rings (SSSR count). The van der Waals surface area contributed by atoms with E-state index in [2.05, 4.69) is 6.92 Å². The monoisotopic (exact) mass is 400 g/mol. The molecule has 29 heavy (non-hydrogen) atoms. The molecule has 1 aliphatic carbocycles. The predicted molar refractivity (Wildman–Crippen MR) is 124 cm³/mol. The molecular formula is C27H44O2. The van der Waals surface area contributed by atoms with Crippen LogP contribution in [-0.4, -0.2) is 10.9 Å². The molecule has 1 aromatic carbocycles. The summed E-state index contributed by atoms with van der Waals surface area (Å²) in [7, 11) is 0. The molecule has 1 unspecified atom stereocenters. The number of carbonyl (C=O) groups excluding carboxylic acids is 1. The number of Topliss-reactive ketones (excluding diaryl/α,β-unsaturated/α-hetero) is 1. The van der Waals surface area contributed by atoms with E-state index < -0.39 is 0 Å². The summed E-state index contributed by atoms with van der Waals surface area (Å²) in [6, 6.07) is 6.87. The van der Waals surface area contributed by atoms with Crippen molar-refractivity contribution >= 4 is 5.78 Å². The third-order valence-corrected chi connectivity index (χ3v) is 6.83. The van der Waals surface area contributed by atoms with Crippen LogP contribution < -0.4 is 0 Å². The second-order valence-electron chi connectivity index (χ2n) is 9.24. The number of unbranched alkanes of at least 4 members (excludes halogenated alkanes) is 11. The van der Waals surface area contributed by atoms with Crippen LogP contribution in [0.2, 0.25) is 0 Å². The van der Waals surface area contributed by atoms with E-state index in [1.54, 1.807) is 24.3 Å². The van der Waals surface area contributed by atoms with E-state index >= 15 is 0 Å². The van der Waals surface area contributed by atoms with Gasteiger partial charge in [0.15, 0.2) is 5.78 Å². The maximum atomic E-state index is 13.1. The number of aromatic hydroxyl groups is 1. The Kier molecular flexibility index (Phi) is 12.1. The van der Waals surface area contributed by atoms with Crippen LogP contribution in [0.15, 0.2) is 24.3 Å². The number of phenols is 1. The molecule has 0 aliphatic heterocycles. The van der Waals surface area contributed by atoms with Gasteiger partial charge in [0.1, 0.15) is 5.75 Å². The van der Waals surface area contributed by atoms with Gasteiger partial charge < -0.3 is 5.11 Å². The van der Waals surface area contributed by atoms with E-state index in [0.717, 1.165) is 12.0 Å². The number of hydrogen-bond acceptors (Lipinski definition) is 2. The van der Waals surface area contributed by atoms with Gasteiger partial charge in [-0.3, -0.25) is 4.79 Å². The number of benzene rings is 1. The van der Waals surface area contributed by atoms with Crippen molar-refractivity contribution in [1.82, 2.24) is 0 Å². The Hall–Kier alpha value is -1.31. The van der Waals surface area contributed by atoms with Crippen molar-refractivity contribution in [3.63, 3.8) is 0 Å². The van der Waals surface area contributed by atoms with E-state index in [9.17, 15) is 9.90 Å². The summed E-state index contributed by atoms with van der Waals surface area (Å²) in [4.78, 5) is 13.1. The second kappa shape index (κ2) is 14.6. The molecule has 164 valence electrons. The lowest BCUT2D eigenvalue weighted by Crippen LogP contribution is -2.22. The summed E-state index contributed by atoms with van der Waals surface area (Å²) in [6.07, 6.45) is 22.3. The van der Waals surface area contributed by atoms with Gasteiger partial charge in [0.25, 0.3) is 0 Å². The van der Waals surface area contributed by atoms with Crippen LogP contribution in [0.5, 0.6) is 5.75 Å². The molecule has 0 spiro atoms. The van der Waals surface area contributed by atoms with E-state index in [1.165, 1.54) is 103 Å². The van der Waals surface area contributed by atoms with Crippen molar-refractivity contribution in [3.8, 4) is 5.75 Å². The van der Waals surface area contributed by atoms with E-state index in [0.29, 0.717) is 11.7 Å². The van der Waals surface area contributed by atoms with Crippen molar-refractivity contribution in [1.29, 1.82) is 0 Å². The van der Waals surface area contributed by atoms with Crippen LogP contribution in [0.1, 0.15) is 126 Å². The van der Waals surface area contributed by atoms with Crippen molar-refractivity contribution in [2.45, 2.75) is 116 Å². The Labute approximate surface area is 179 Å². The highest BCUT2D eigenvalue weighted by Gasteiger charge is 2.30. The molecule has 2 heteroatoms. The van der Waals surface area contributed by atoms with Gasteiger partial charge >= 0.3 is 0 Å². The minimum atomic E-state index is 0.185. The first-order chi connectivity index (χ1) is 14.2. The molecule has 1 aliphatic rings. The first kappa shape index (κ1) is 24.0. The molecular weight excluding hydrogens is 356 g/mol. The molecule has 0 radical (unpaired) electrons. The molecule has 1 fully saturated rings. The number of hydrogen-bond donors (Lipinski definition) is 1. The van der Waals surface area contributed by atoms with Gasteiger partial charge in [0.05, 0.1) is 0 Å². The van der Waals surface area contributed by atoms with Crippen LogP contribution in [0, 0.1) is 11.8 Å². The molecule has 0 heterocycles. The minimum Gasteiger partial charge on any atom is -0.508 e. The minimum absolute atomic E-state index is 0.185. The summed E-state index contributed by atoms with van der Waals surface area (Å²) < 4.78 is 0. The van der Waals surface area contributed by atoms with Gasteiger partial charge in [-0.05, 0) is 49.4 Å². The normalized spacial score (nSPS) is 15.6. The average Bonchev–Trinajstić information content (AvgIpc) is 3.26. The van der Waals surface area contributed by atoms with Gasteiger partial charge in [0.2, 0.25) is 0 Å². The fourth-order valence-corrected chi connectivity index (χ4v) is 4.99. The van der Waals surface area contributed by atoms with Crippen molar-refractivity contribution in [3.05, 3.63) is 29.8 Å². The quantitative estimate of drug-likeness (QED) is 0.223. The molecule has 0 bridgehead atoms. The van der Waals surface area contributed by atoms with Crippen LogP contribution in [0.4, 0.5) is 0 Å². The van der Waals surface area contributed by atoms with Gasteiger partial charge in [-0.25, -0.2) is 0 Å². The molecule has 0 saturated heterocycles. The SMILES string of the molecule is CCCCCCCCCCCCCCC(C(=O)c1ccc(O)cc1)C1CCCC1. The molecule has 1 saturated carbocycles. The fourth-order valence-electron chi connectivity index (χ4n) is 4.99. The van der Waals surface area contributed by atoms with Crippen LogP contribution in [0.3, 0.4) is 0 Å². The van der Waals surface area contributed by atoms with Crippen molar-refractivity contribution < 1.29 is 9.90 Å². The number of ketones is 1. The standard InChI is InChI=1S/C27H44O2/c1-2-3-4-5-6-7-8-9-10-11-12-13-18-26(23-16-14-15-17-23)27(29)24-19-21-25(28)22-20-24/h19-23,26,28H,2-18H2,1H3. The molecule has 0 amide bonds. The lowest BCUT2D eigenvalue weighted by Gasteiger charge is -2.22. The van der Waals surface area contributed by atoms with Gasteiger partial charge in [-0.1, -0.05) is 96.8 Å². The van der Waals surface area contributed by atoms with Crippen molar-refractivity contribution in [2.24, 2.45) is 11.8 Å².